The maximum atomic E-state index is 12.3. The number of amides is 1. The van der Waals surface area contributed by atoms with Gasteiger partial charge in [-0.2, -0.15) is 0 Å². The number of hydrogen-bond donors (Lipinski definition) is 1. The second-order valence-corrected chi connectivity index (χ2v) is 6.73. The molecule has 7 nitrogen and oxygen atoms in total. The molecule has 0 atom stereocenters. The molecule has 1 amide bonds. The van der Waals surface area contributed by atoms with E-state index in [1.807, 2.05) is 13.8 Å². The Morgan fingerprint density at radius 1 is 1.23 bits per heavy atom. The number of carboxylic acid groups (broad SMARTS) is 1. The minimum Gasteiger partial charge on any atom is -0.489 e. The molecule has 0 fully saturated rings. The molecular formula is C19H24N2O5. The number of carbonyl (C=O) groups excluding carboxylic acids is 1. The van der Waals surface area contributed by atoms with Gasteiger partial charge in [0.15, 0.2) is 0 Å². The summed E-state index contributed by atoms with van der Waals surface area (Å²) in [6.45, 7) is 7.05. The van der Waals surface area contributed by atoms with E-state index in [4.69, 9.17) is 9.26 Å². The Morgan fingerprint density at radius 2 is 1.85 bits per heavy atom. The monoisotopic (exact) mass is 360 g/mol. The predicted octanol–water partition coefficient (Wildman–Crippen LogP) is 2.73. The smallest absolute Gasteiger partial charge is 0.329 e. The molecule has 1 N–H and O–H groups in total. The standard InChI is InChI=1S/C19H24N2O5/c1-12-16(13(2)26-20-12)11-25-15-8-6-14(7-9-15)10-17(22)21(5)19(3,4)18(23)24/h6-9H,10-11H2,1-5H3,(H,23,24). The Kier molecular flexibility index (Phi) is 5.69. The molecule has 2 rings (SSSR count). The largest absolute Gasteiger partial charge is 0.489 e. The first kappa shape index (κ1) is 19.5. The number of ether oxygens (including phenoxy) is 1. The van der Waals surface area contributed by atoms with Crippen molar-refractivity contribution in [1.29, 1.82) is 0 Å². The number of aliphatic carboxylic acids is 1. The molecule has 7 heteroatoms. The molecule has 0 unspecified atom stereocenters. The van der Waals surface area contributed by atoms with Gasteiger partial charge in [0.2, 0.25) is 5.91 Å². The fourth-order valence-electron chi connectivity index (χ4n) is 2.32. The molecule has 0 bridgehead atoms. The van der Waals surface area contributed by atoms with Gasteiger partial charge in [-0.25, -0.2) is 4.79 Å². The fraction of sp³-hybridized carbons (Fsp3) is 0.421. The quantitative estimate of drug-likeness (QED) is 0.816. The second-order valence-electron chi connectivity index (χ2n) is 6.73. The lowest BCUT2D eigenvalue weighted by Gasteiger charge is -2.31. The van der Waals surface area contributed by atoms with Crippen molar-refractivity contribution >= 4 is 11.9 Å². The van der Waals surface area contributed by atoms with Gasteiger partial charge in [-0.3, -0.25) is 4.79 Å². The van der Waals surface area contributed by atoms with E-state index in [1.54, 1.807) is 24.3 Å². The highest BCUT2D eigenvalue weighted by molar-refractivity contribution is 5.87. The van der Waals surface area contributed by atoms with E-state index >= 15 is 0 Å². The number of carboxylic acids is 1. The van der Waals surface area contributed by atoms with Crippen molar-refractivity contribution in [3.05, 3.63) is 46.8 Å². The highest BCUT2D eigenvalue weighted by Crippen LogP contribution is 2.19. The zero-order valence-electron chi connectivity index (χ0n) is 15.7. The molecule has 140 valence electrons. The summed E-state index contributed by atoms with van der Waals surface area (Å²) in [4.78, 5) is 24.8. The summed E-state index contributed by atoms with van der Waals surface area (Å²) >= 11 is 0. The van der Waals surface area contributed by atoms with Crippen LogP contribution in [-0.2, 0) is 22.6 Å². The number of nitrogens with zero attached hydrogens (tertiary/aromatic N) is 2. The second kappa shape index (κ2) is 7.59. The van der Waals surface area contributed by atoms with E-state index in [-0.39, 0.29) is 12.3 Å². The average Bonchev–Trinajstić information content (AvgIpc) is 2.91. The molecule has 0 saturated carbocycles. The van der Waals surface area contributed by atoms with Crippen molar-refractivity contribution in [2.24, 2.45) is 0 Å². The molecule has 0 spiro atoms. The van der Waals surface area contributed by atoms with Crippen LogP contribution in [0.4, 0.5) is 0 Å². The van der Waals surface area contributed by atoms with Crippen LogP contribution in [0.5, 0.6) is 5.75 Å². The van der Waals surface area contributed by atoms with E-state index in [0.717, 1.165) is 22.6 Å². The molecule has 1 aromatic carbocycles. The third kappa shape index (κ3) is 4.22. The van der Waals surface area contributed by atoms with Crippen LogP contribution < -0.4 is 4.74 Å². The molecule has 0 aliphatic heterocycles. The molecule has 0 aliphatic carbocycles. The number of rotatable bonds is 7. The van der Waals surface area contributed by atoms with E-state index < -0.39 is 11.5 Å². The van der Waals surface area contributed by atoms with Crippen LogP contribution in [0.1, 0.15) is 36.4 Å². The minimum atomic E-state index is -1.26. The SMILES string of the molecule is Cc1noc(C)c1COc1ccc(CC(=O)N(C)C(C)(C)C(=O)O)cc1. The molecule has 1 aromatic heterocycles. The van der Waals surface area contributed by atoms with Crippen LogP contribution in [0.3, 0.4) is 0 Å². The lowest BCUT2D eigenvalue weighted by Crippen LogP contribution is -2.51. The van der Waals surface area contributed by atoms with Crippen LogP contribution in [0, 0.1) is 13.8 Å². The molecule has 1 heterocycles. The topological polar surface area (TPSA) is 92.9 Å². The summed E-state index contributed by atoms with van der Waals surface area (Å²) < 4.78 is 10.8. The van der Waals surface area contributed by atoms with Gasteiger partial charge in [0.05, 0.1) is 17.7 Å². The average molecular weight is 360 g/mol. The highest BCUT2D eigenvalue weighted by Gasteiger charge is 2.34. The zero-order chi connectivity index (χ0) is 19.5. The van der Waals surface area contributed by atoms with Crippen LogP contribution in [-0.4, -0.2) is 39.6 Å². The Hall–Kier alpha value is -2.83. The summed E-state index contributed by atoms with van der Waals surface area (Å²) in [5, 5.41) is 13.1. The summed E-state index contributed by atoms with van der Waals surface area (Å²) in [6.07, 6.45) is 0.122. The Bertz CT molecular complexity index is 773. The number of hydrogen-bond acceptors (Lipinski definition) is 5. The molecule has 0 aliphatic rings. The Morgan fingerprint density at radius 3 is 2.35 bits per heavy atom. The van der Waals surface area contributed by atoms with E-state index in [1.165, 1.54) is 25.8 Å². The van der Waals surface area contributed by atoms with Crippen molar-refractivity contribution in [3.63, 3.8) is 0 Å². The Labute approximate surface area is 152 Å². The maximum Gasteiger partial charge on any atom is 0.329 e. The summed E-state index contributed by atoms with van der Waals surface area (Å²) in [7, 11) is 1.50. The summed E-state index contributed by atoms with van der Waals surface area (Å²) in [5.74, 6) is 0.0902. The van der Waals surface area contributed by atoms with Crippen molar-refractivity contribution in [2.75, 3.05) is 7.05 Å². The van der Waals surface area contributed by atoms with Crippen molar-refractivity contribution < 1.29 is 24.0 Å². The van der Waals surface area contributed by atoms with E-state index in [9.17, 15) is 14.7 Å². The maximum absolute atomic E-state index is 12.3. The van der Waals surface area contributed by atoms with Crippen LogP contribution in [0.15, 0.2) is 28.8 Å². The van der Waals surface area contributed by atoms with Gasteiger partial charge < -0.3 is 19.3 Å². The van der Waals surface area contributed by atoms with Gasteiger partial charge in [-0.05, 0) is 45.4 Å². The number of aromatic nitrogens is 1. The fourth-order valence-corrected chi connectivity index (χ4v) is 2.32. The van der Waals surface area contributed by atoms with Gasteiger partial charge in [0, 0.05) is 7.05 Å². The van der Waals surface area contributed by atoms with Gasteiger partial charge in [0.1, 0.15) is 23.7 Å². The number of aryl methyl sites for hydroxylation is 2. The lowest BCUT2D eigenvalue weighted by molar-refractivity contribution is -0.155. The molecular weight excluding hydrogens is 336 g/mol. The number of benzene rings is 1. The first-order chi connectivity index (χ1) is 12.1. The van der Waals surface area contributed by atoms with Gasteiger partial charge in [-0.15, -0.1) is 0 Å². The van der Waals surface area contributed by atoms with Crippen LogP contribution in [0.2, 0.25) is 0 Å². The van der Waals surface area contributed by atoms with Crippen molar-refractivity contribution in [1.82, 2.24) is 10.1 Å². The highest BCUT2D eigenvalue weighted by atomic mass is 16.5. The summed E-state index contributed by atoms with van der Waals surface area (Å²) in [6, 6.07) is 7.15. The molecule has 26 heavy (non-hydrogen) atoms. The number of carbonyl (C=O) groups is 2. The van der Waals surface area contributed by atoms with Gasteiger partial charge >= 0.3 is 5.97 Å². The molecule has 2 aromatic rings. The molecule has 0 radical (unpaired) electrons. The van der Waals surface area contributed by atoms with Crippen LogP contribution >= 0.6 is 0 Å². The van der Waals surface area contributed by atoms with Gasteiger partial charge in [0.25, 0.3) is 0 Å². The normalized spacial score (nSPS) is 11.3. The zero-order valence-corrected chi connectivity index (χ0v) is 15.7. The Balaban J connectivity index is 1.97. The third-order valence-corrected chi connectivity index (χ3v) is 4.58. The van der Waals surface area contributed by atoms with Crippen molar-refractivity contribution in [2.45, 2.75) is 46.3 Å². The first-order valence-electron chi connectivity index (χ1n) is 8.26. The summed E-state index contributed by atoms with van der Waals surface area (Å²) in [5.41, 5.74) is 1.25. The predicted molar refractivity (Wildman–Crippen MR) is 94.9 cm³/mol. The first-order valence-corrected chi connectivity index (χ1v) is 8.26. The van der Waals surface area contributed by atoms with Gasteiger partial charge in [-0.1, -0.05) is 17.3 Å². The molecule has 0 saturated heterocycles. The lowest BCUT2D eigenvalue weighted by atomic mass is 10.0. The van der Waals surface area contributed by atoms with Crippen molar-refractivity contribution in [3.8, 4) is 5.75 Å². The van der Waals surface area contributed by atoms with E-state index in [0.29, 0.717) is 12.4 Å². The third-order valence-electron chi connectivity index (χ3n) is 4.58. The van der Waals surface area contributed by atoms with Crippen LogP contribution in [0.25, 0.3) is 0 Å². The van der Waals surface area contributed by atoms with E-state index in [2.05, 4.69) is 5.16 Å². The number of likely N-dealkylation sites (N-methyl/N-ethyl adjacent to an activating group) is 1. The minimum absolute atomic E-state index is 0.122.